The van der Waals surface area contributed by atoms with Crippen molar-refractivity contribution in [3.8, 4) is 0 Å². The smallest absolute Gasteiger partial charge is 0.323 e. The molecule has 38 heavy (non-hydrogen) atoms. The molecule has 0 spiro atoms. The molecule has 0 bridgehead atoms. The van der Waals surface area contributed by atoms with Gasteiger partial charge in [-0.05, 0) is 89.0 Å². The lowest BCUT2D eigenvalue weighted by Gasteiger charge is -2.16. The molecule has 0 aliphatic heterocycles. The number of ether oxygens (including phenoxy) is 2. The monoisotopic (exact) mass is 525 g/mol. The number of aryl methyl sites for hydroxylation is 2. The molecule has 0 aliphatic rings. The van der Waals surface area contributed by atoms with Gasteiger partial charge in [-0.2, -0.15) is 0 Å². The van der Waals surface area contributed by atoms with Crippen molar-refractivity contribution in [2.24, 2.45) is 0 Å². The Kier molecular flexibility index (Phi) is 19.6. The lowest BCUT2D eigenvalue weighted by Crippen LogP contribution is -2.37. The first-order valence-electron chi connectivity index (χ1n) is 14.5. The number of allylic oxidation sites excluding steroid dienone is 6. The van der Waals surface area contributed by atoms with Gasteiger partial charge >= 0.3 is 11.9 Å². The summed E-state index contributed by atoms with van der Waals surface area (Å²) in [6.07, 6.45) is 24.6. The minimum absolute atomic E-state index is 0.186. The van der Waals surface area contributed by atoms with Gasteiger partial charge in [0.15, 0.2) is 0 Å². The predicted molar refractivity (Wildman–Crippen MR) is 158 cm³/mol. The third-order valence-corrected chi connectivity index (χ3v) is 6.46. The van der Waals surface area contributed by atoms with Gasteiger partial charge in [-0.15, -0.1) is 0 Å². The summed E-state index contributed by atoms with van der Waals surface area (Å²) in [6, 6.07) is 5.83. The molecule has 1 aromatic carbocycles. The largest absolute Gasteiger partial charge is 0.466 e. The number of rotatable bonds is 21. The van der Waals surface area contributed by atoms with Crippen LogP contribution < -0.4 is 5.32 Å². The Morgan fingerprint density at radius 3 is 2.08 bits per heavy atom. The first kappa shape index (κ1) is 33.4. The van der Waals surface area contributed by atoms with Gasteiger partial charge in [-0.3, -0.25) is 9.59 Å². The summed E-state index contributed by atoms with van der Waals surface area (Å²) in [5.41, 5.74) is 3.55. The van der Waals surface area contributed by atoms with Gasteiger partial charge in [-0.25, -0.2) is 0 Å². The van der Waals surface area contributed by atoms with Crippen LogP contribution in [0.15, 0.2) is 54.7 Å². The molecule has 212 valence electrons. The van der Waals surface area contributed by atoms with Crippen molar-refractivity contribution < 1.29 is 19.1 Å². The summed E-state index contributed by atoms with van der Waals surface area (Å²) in [6.45, 7) is 6.89. The summed E-state index contributed by atoms with van der Waals surface area (Å²) in [5.74, 6) is -0.468. The number of esters is 2. The summed E-state index contributed by atoms with van der Waals surface area (Å²) in [7, 11) is 1.76. The van der Waals surface area contributed by atoms with E-state index < -0.39 is 6.04 Å². The Morgan fingerprint density at radius 1 is 0.816 bits per heavy atom. The maximum absolute atomic E-state index is 12.4. The Hall–Kier alpha value is -2.66. The fraction of sp³-hybridized carbons (Fsp3) is 0.576. The van der Waals surface area contributed by atoms with Crippen molar-refractivity contribution in [2.45, 2.75) is 104 Å². The Labute approximate surface area is 231 Å². The number of unbranched alkanes of at least 4 members (excludes halogenated alkanes) is 5. The highest BCUT2D eigenvalue weighted by molar-refractivity contribution is 5.76. The molecule has 0 saturated heterocycles. The number of likely N-dealkylation sites (N-methyl/N-ethyl adjacent to an activating group) is 1. The highest BCUT2D eigenvalue weighted by Gasteiger charge is 2.18. The zero-order valence-corrected chi connectivity index (χ0v) is 24.3. The highest BCUT2D eigenvalue weighted by atomic mass is 16.5. The van der Waals surface area contributed by atoms with E-state index in [2.05, 4.69) is 74.7 Å². The van der Waals surface area contributed by atoms with Crippen molar-refractivity contribution in [2.75, 3.05) is 20.3 Å². The van der Waals surface area contributed by atoms with Gasteiger partial charge in [0, 0.05) is 12.8 Å². The average Bonchev–Trinajstić information content (AvgIpc) is 2.91. The van der Waals surface area contributed by atoms with Crippen LogP contribution in [-0.2, 0) is 25.5 Å². The van der Waals surface area contributed by atoms with Crippen LogP contribution in [0.3, 0.4) is 0 Å². The molecule has 0 amide bonds. The predicted octanol–water partition coefficient (Wildman–Crippen LogP) is 7.50. The molecular formula is C33H51NO4. The molecule has 0 aliphatic carbocycles. The standard InChI is InChI=1S/C33H51NO4/c1-5-6-7-8-9-10-11-12-13-14-15-16-17-18-19-21-32(35)37-24-20-25-38-33(36)31(34-4)27-30-23-22-28(2)29(3)26-30/h9-10,12-13,15-16,22-23,26,31,34H,5-8,11,14,17-21,24-25,27H2,1-4H3. The molecule has 0 radical (unpaired) electrons. The molecular weight excluding hydrogens is 474 g/mol. The Bertz CT molecular complexity index is 872. The topological polar surface area (TPSA) is 64.6 Å². The van der Waals surface area contributed by atoms with Crippen molar-refractivity contribution in [1.29, 1.82) is 0 Å². The van der Waals surface area contributed by atoms with Gasteiger partial charge in [-0.1, -0.05) is 74.4 Å². The van der Waals surface area contributed by atoms with E-state index in [1.165, 1.54) is 36.8 Å². The van der Waals surface area contributed by atoms with Gasteiger partial charge in [0.2, 0.25) is 0 Å². The van der Waals surface area contributed by atoms with E-state index in [1.807, 2.05) is 6.07 Å². The lowest BCUT2D eigenvalue weighted by molar-refractivity contribution is -0.147. The van der Waals surface area contributed by atoms with Crippen LogP contribution in [0, 0.1) is 13.8 Å². The molecule has 5 nitrogen and oxygen atoms in total. The van der Waals surface area contributed by atoms with Crippen molar-refractivity contribution >= 4 is 11.9 Å². The summed E-state index contributed by atoms with van der Waals surface area (Å²) in [5, 5.41) is 3.03. The maximum atomic E-state index is 12.4. The second-order valence-electron chi connectivity index (χ2n) is 9.83. The number of hydrogen-bond donors (Lipinski definition) is 1. The number of nitrogens with one attached hydrogen (secondary N) is 1. The SMILES string of the molecule is CCCCCC=CCC=CCC=CCCCCC(=O)OCCCOC(=O)C(Cc1ccc(C)c(C)c1)NC. The van der Waals surface area contributed by atoms with E-state index in [0.29, 0.717) is 19.3 Å². The van der Waals surface area contributed by atoms with E-state index in [0.717, 1.165) is 37.7 Å². The van der Waals surface area contributed by atoms with E-state index in [9.17, 15) is 9.59 Å². The van der Waals surface area contributed by atoms with E-state index in [4.69, 9.17) is 9.47 Å². The van der Waals surface area contributed by atoms with Crippen LogP contribution in [-0.4, -0.2) is 38.2 Å². The van der Waals surface area contributed by atoms with Crippen LogP contribution in [0.5, 0.6) is 0 Å². The number of benzene rings is 1. The summed E-state index contributed by atoms with van der Waals surface area (Å²) < 4.78 is 10.7. The quantitative estimate of drug-likeness (QED) is 0.102. The third kappa shape index (κ3) is 17.0. The summed E-state index contributed by atoms with van der Waals surface area (Å²) in [4.78, 5) is 24.3. The molecule has 1 aromatic rings. The highest BCUT2D eigenvalue weighted by Crippen LogP contribution is 2.12. The number of carbonyl (C=O) groups is 2. The van der Waals surface area contributed by atoms with Crippen molar-refractivity contribution in [3.05, 3.63) is 71.3 Å². The fourth-order valence-corrected chi connectivity index (χ4v) is 3.88. The number of carbonyl (C=O) groups excluding carboxylic acids is 2. The summed E-state index contributed by atoms with van der Waals surface area (Å²) >= 11 is 0. The van der Waals surface area contributed by atoms with Crippen molar-refractivity contribution in [3.63, 3.8) is 0 Å². The van der Waals surface area contributed by atoms with E-state index >= 15 is 0 Å². The first-order valence-corrected chi connectivity index (χ1v) is 14.5. The lowest BCUT2D eigenvalue weighted by atomic mass is 10.0. The maximum Gasteiger partial charge on any atom is 0.323 e. The van der Waals surface area contributed by atoms with Gasteiger partial charge in [0.05, 0.1) is 13.2 Å². The first-order chi connectivity index (χ1) is 18.5. The zero-order chi connectivity index (χ0) is 27.8. The van der Waals surface area contributed by atoms with Gasteiger partial charge in [0.25, 0.3) is 0 Å². The zero-order valence-electron chi connectivity index (χ0n) is 24.3. The number of hydrogen-bond acceptors (Lipinski definition) is 5. The van der Waals surface area contributed by atoms with Crippen LogP contribution in [0.4, 0.5) is 0 Å². The Morgan fingerprint density at radius 2 is 1.45 bits per heavy atom. The second-order valence-corrected chi connectivity index (χ2v) is 9.83. The molecule has 0 saturated carbocycles. The van der Waals surface area contributed by atoms with E-state index in [1.54, 1.807) is 7.05 Å². The molecule has 1 atom stereocenters. The molecule has 1 N–H and O–H groups in total. The van der Waals surface area contributed by atoms with E-state index in [-0.39, 0.29) is 25.2 Å². The van der Waals surface area contributed by atoms with Crippen LogP contribution >= 0.6 is 0 Å². The average molecular weight is 526 g/mol. The van der Waals surface area contributed by atoms with Crippen LogP contribution in [0.1, 0.15) is 94.2 Å². The molecule has 0 aromatic heterocycles. The third-order valence-electron chi connectivity index (χ3n) is 6.46. The normalized spacial score (nSPS) is 12.5. The van der Waals surface area contributed by atoms with Gasteiger partial charge < -0.3 is 14.8 Å². The molecule has 5 heteroatoms. The second kappa shape index (κ2) is 22.3. The molecule has 0 fully saturated rings. The minimum atomic E-state index is -0.396. The van der Waals surface area contributed by atoms with Crippen LogP contribution in [0.2, 0.25) is 0 Å². The molecule has 0 heterocycles. The van der Waals surface area contributed by atoms with Crippen LogP contribution in [0.25, 0.3) is 0 Å². The molecule has 1 rings (SSSR count). The molecule has 1 unspecified atom stereocenters. The minimum Gasteiger partial charge on any atom is -0.466 e. The Balaban J connectivity index is 2.03. The van der Waals surface area contributed by atoms with Crippen molar-refractivity contribution in [1.82, 2.24) is 5.32 Å². The fourth-order valence-electron chi connectivity index (χ4n) is 3.88. The van der Waals surface area contributed by atoms with Gasteiger partial charge in [0.1, 0.15) is 6.04 Å².